The zero-order valence-corrected chi connectivity index (χ0v) is 22.3. The van der Waals surface area contributed by atoms with E-state index in [1.807, 2.05) is 0 Å². The van der Waals surface area contributed by atoms with Crippen molar-refractivity contribution >= 4 is 52.0 Å². The minimum absolute atomic E-state index is 0.0252. The van der Waals surface area contributed by atoms with Crippen LogP contribution in [0.25, 0.3) is 10.8 Å². The van der Waals surface area contributed by atoms with E-state index in [0.717, 1.165) is 4.90 Å². The monoisotopic (exact) mass is 527 g/mol. The van der Waals surface area contributed by atoms with Crippen molar-refractivity contribution in [2.75, 3.05) is 10.2 Å². The number of aromatic nitrogens is 1. The second-order valence-electron chi connectivity index (χ2n) is 10.3. The topological polar surface area (TPSA) is 118 Å². The van der Waals surface area contributed by atoms with E-state index >= 15 is 0 Å². The number of nitrogens with zero attached hydrogens (tertiary/aromatic N) is 2. The van der Waals surface area contributed by atoms with Crippen molar-refractivity contribution in [3.05, 3.63) is 65.3 Å². The second kappa shape index (κ2) is 10.6. The molecule has 3 rings (SSSR count). The van der Waals surface area contributed by atoms with E-state index in [1.54, 1.807) is 90.1 Å². The van der Waals surface area contributed by atoms with Gasteiger partial charge in [0.1, 0.15) is 11.2 Å². The average molecular weight is 528 g/mol. The number of carboxylic acids is 1. The lowest BCUT2D eigenvalue weighted by Gasteiger charge is -2.28. The molecule has 0 aliphatic heterocycles. The Bertz CT molecular complexity index is 1300. The third-order valence-corrected chi connectivity index (χ3v) is 5.08. The molecule has 1 atom stereocenters. The molecule has 3 aromatic rings. The maximum absolute atomic E-state index is 13.1. The molecule has 2 amide bonds. The Balaban J connectivity index is 2.03. The zero-order chi connectivity index (χ0) is 27.5. The largest absolute Gasteiger partial charge is 0.479 e. The molecule has 10 heteroatoms. The standard InChI is InChI=1S/C27H30ClN3O6/c1-26(2,3)36-24(34)31(25(35)37-27(4,5)6)22-20-11-10-19(15-16(20)12-13-29-22)30-21(23(32)33)17-8-7-9-18(28)14-17/h7-15,21,30H,1-6H3,(H,32,33). The van der Waals surface area contributed by atoms with Crippen molar-refractivity contribution in [1.29, 1.82) is 0 Å². The lowest BCUT2D eigenvalue weighted by Crippen LogP contribution is -2.44. The SMILES string of the molecule is CC(C)(C)OC(=O)N(C(=O)OC(C)(C)C)c1nccc2cc(NC(C(=O)O)c3cccc(Cl)c3)ccc12. The molecule has 1 aromatic heterocycles. The molecule has 1 heterocycles. The minimum atomic E-state index is -1.08. The van der Waals surface area contributed by atoms with E-state index < -0.39 is 35.4 Å². The smallest absolute Gasteiger partial charge is 0.425 e. The lowest BCUT2D eigenvalue weighted by molar-refractivity contribution is -0.138. The van der Waals surface area contributed by atoms with Crippen LogP contribution in [-0.2, 0) is 14.3 Å². The Labute approximate surface area is 220 Å². The van der Waals surface area contributed by atoms with E-state index in [1.165, 1.54) is 6.20 Å². The number of anilines is 2. The summed E-state index contributed by atoms with van der Waals surface area (Å²) in [6.07, 6.45) is -0.429. The number of hydrogen-bond donors (Lipinski definition) is 2. The molecule has 0 fully saturated rings. The molecule has 1 unspecified atom stereocenters. The molecule has 37 heavy (non-hydrogen) atoms. The summed E-state index contributed by atoms with van der Waals surface area (Å²) in [4.78, 5) is 43.2. The quantitative estimate of drug-likeness (QED) is 0.371. The summed E-state index contributed by atoms with van der Waals surface area (Å²) in [5.41, 5.74) is -0.759. The van der Waals surface area contributed by atoms with Gasteiger partial charge >= 0.3 is 18.2 Å². The van der Waals surface area contributed by atoms with Crippen LogP contribution in [0.5, 0.6) is 0 Å². The van der Waals surface area contributed by atoms with Crippen LogP contribution in [0.15, 0.2) is 54.7 Å². The van der Waals surface area contributed by atoms with Gasteiger partial charge in [0.15, 0.2) is 11.9 Å². The Morgan fingerprint density at radius 1 is 0.946 bits per heavy atom. The maximum atomic E-state index is 13.1. The van der Waals surface area contributed by atoms with Crippen molar-refractivity contribution in [3.63, 3.8) is 0 Å². The maximum Gasteiger partial charge on any atom is 0.425 e. The summed E-state index contributed by atoms with van der Waals surface area (Å²) < 4.78 is 10.9. The molecule has 0 aliphatic carbocycles. The number of imide groups is 1. The Kier molecular flexibility index (Phi) is 7.97. The molecule has 0 bridgehead atoms. The van der Waals surface area contributed by atoms with Gasteiger partial charge in [0.2, 0.25) is 0 Å². The van der Waals surface area contributed by atoms with Crippen LogP contribution in [0.3, 0.4) is 0 Å². The fourth-order valence-corrected chi connectivity index (χ4v) is 3.63. The first-order chi connectivity index (χ1) is 17.1. The lowest BCUT2D eigenvalue weighted by atomic mass is 10.1. The molecular formula is C27H30ClN3O6. The van der Waals surface area contributed by atoms with Crippen LogP contribution in [-0.4, -0.2) is 39.4 Å². The van der Waals surface area contributed by atoms with Gasteiger partial charge in [-0.05, 0) is 88.9 Å². The molecule has 0 radical (unpaired) electrons. The molecule has 196 valence electrons. The number of rotatable bonds is 5. The van der Waals surface area contributed by atoms with Gasteiger partial charge in [0.25, 0.3) is 0 Å². The van der Waals surface area contributed by atoms with Crippen molar-refractivity contribution in [1.82, 2.24) is 4.98 Å². The number of carbonyl (C=O) groups is 3. The second-order valence-corrected chi connectivity index (χ2v) is 10.8. The van der Waals surface area contributed by atoms with Crippen molar-refractivity contribution in [2.45, 2.75) is 58.8 Å². The zero-order valence-electron chi connectivity index (χ0n) is 21.5. The fraction of sp³-hybridized carbons (Fsp3) is 0.333. The Hall–Kier alpha value is -3.85. The first-order valence-electron chi connectivity index (χ1n) is 11.5. The third-order valence-electron chi connectivity index (χ3n) is 4.85. The molecule has 0 saturated carbocycles. The summed E-state index contributed by atoms with van der Waals surface area (Å²) >= 11 is 6.05. The van der Waals surface area contributed by atoms with Gasteiger partial charge in [0.05, 0.1) is 0 Å². The highest BCUT2D eigenvalue weighted by molar-refractivity contribution is 6.30. The molecular weight excluding hydrogens is 498 g/mol. The van der Waals surface area contributed by atoms with Gasteiger partial charge < -0.3 is 19.9 Å². The number of carboxylic acid groups (broad SMARTS) is 1. The van der Waals surface area contributed by atoms with E-state index in [0.29, 0.717) is 27.0 Å². The third kappa shape index (κ3) is 7.33. The van der Waals surface area contributed by atoms with Gasteiger partial charge in [-0.15, -0.1) is 0 Å². The molecule has 2 N–H and O–H groups in total. The van der Waals surface area contributed by atoms with Crippen LogP contribution in [0.1, 0.15) is 53.1 Å². The molecule has 0 spiro atoms. The van der Waals surface area contributed by atoms with Crippen LogP contribution < -0.4 is 10.2 Å². The number of halogens is 1. The number of hydrogen-bond acceptors (Lipinski definition) is 7. The number of carbonyl (C=O) groups excluding carboxylic acids is 2. The molecule has 9 nitrogen and oxygen atoms in total. The van der Waals surface area contributed by atoms with Crippen LogP contribution in [0, 0.1) is 0 Å². The summed E-state index contributed by atoms with van der Waals surface area (Å²) in [7, 11) is 0. The number of pyridine rings is 1. The summed E-state index contributed by atoms with van der Waals surface area (Å²) in [5.74, 6) is -1.06. The molecule has 0 saturated heterocycles. The summed E-state index contributed by atoms with van der Waals surface area (Å²) in [6.45, 7) is 10.1. The van der Waals surface area contributed by atoms with E-state index in [-0.39, 0.29) is 5.82 Å². The molecule has 2 aromatic carbocycles. The summed E-state index contributed by atoms with van der Waals surface area (Å²) in [6, 6.07) is 12.2. The molecule has 0 aliphatic rings. The predicted molar refractivity (Wildman–Crippen MR) is 142 cm³/mol. The number of nitrogens with one attached hydrogen (secondary N) is 1. The van der Waals surface area contributed by atoms with E-state index in [2.05, 4.69) is 10.3 Å². The number of fused-ring (bicyclic) bond motifs is 1. The van der Waals surface area contributed by atoms with Crippen molar-refractivity contribution in [3.8, 4) is 0 Å². The van der Waals surface area contributed by atoms with Gasteiger partial charge in [0, 0.05) is 22.3 Å². The van der Waals surface area contributed by atoms with Crippen molar-refractivity contribution in [2.24, 2.45) is 0 Å². The van der Waals surface area contributed by atoms with Gasteiger partial charge in [-0.2, -0.15) is 4.90 Å². The van der Waals surface area contributed by atoms with Gasteiger partial charge in [-0.1, -0.05) is 23.7 Å². The highest BCUT2D eigenvalue weighted by Gasteiger charge is 2.34. The number of benzene rings is 2. The highest BCUT2D eigenvalue weighted by atomic mass is 35.5. The fourth-order valence-electron chi connectivity index (χ4n) is 3.43. The minimum Gasteiger partial charge on any atom is -0.479 e. The number of ether oxygens (including phenoxy) is 2. The van der Waals surface area contributed by atoms with Crippen molar-refractivity contribution < 1.29 is 29.0 Å². The van der Waals surface area contributed by atoms with Crippen LogP contribution in [0.4, 0.5) is 21.1 Å². The Morgan fingerprint density at radius 2 is 1.57 bits per heavy atom. The van der Waals surface area contributed by atoms with E-state index in [9.17, 15) is 19.5 Å². The summed E-state index contributed by atoms with van der Waals surface area (Å²) in [5, 5.41) is 14.3. The average Bonchev–Trinajstić information content (AvgIpc) is 2.75. The van der Waals surface area contributed by atoms with Gasteiger partial charge in [-0.25, -0.2) is 19.4 Å². The predicted octanol–water partition coefficient (Wildman–Crippen LogP) is 6.80. The normalized spacial score (nSPS) is 12.5. The number of aliphatic carboxylic acids is 1. The highest BCUT2D eigenvalue weighted by Crippen LogP contribution is 2.31. The van der Waals surface area contributed by atoms with Crippen LogP contribution in [0.2, 0.25) is 5.02 Å². The first-order valence-corrected chi connectivity index (χ1v) is 11.9. The first kappa shape index (κ1) is 27.7. The van der Waals surface area contributed by atoms with Gasteiger partial charge in [-0.3, -0.25) is 0 Å². The Morgan fingerprint density at radius 3 is 2.11 bits per heavy atom. The van der Waals surface area contributed by atoms with E-state index in [4.69, 9.17) is 21.1 Å². The number of amides is 2. The van der Waals surface area contributed by atoms with Crippen LogP contribution >= 0.6 is 11.6 Å².